The van der Waals surface area contributed by atoms with E-state index in [4.69, 9.17) is 14.2 Å². The van der Waals surface area contributed by atoms with E-state index in [2.05, 4.69) is 0 Å². The van der Waals surface area contributed by atoms with Crippen LogP contribution in [0.1, 0.15) is 25.7 Å². The molecule has 4 nitrogen and oxygen atoms in total. The average Bonchev–Trinajstić information content (AvgIpc) is 2.83. The molecule has 0 bridgehead atoms. The molecule has 0 aromatic rings. The van der Waals surface area contributed by atoms with Crippen LogP contribution in [0.4, 0.5) is 0 Å². The summed E-state index contributed by atoms with van der Waals surface area (Å²) in [5.74, 6) is -0.684. The number of ether oxygens (including phenoxy) is 3. The first-order chi connectivity index (χ1) is 6.81. The largest absolute Gasteiger partial charge is 0.381 e. The van der Waals surface area contributed by atoms with Crippen molar-refractivity contribution in [3.63, 3.8) is 0 Å². The molecule has 0 spiro atoms. The zero-order chi connectivity index (χ0) is 9.60. The van der Waals surface area contributed by atoms with Crippen molar-refractivity contribution in [2.45, 2.75) is 43.7 Å². The predicted molar refractivity (Wildman–Crippen MR) is 46.8 cm³/mol. The Morgan fingerprint density at radius 1 is 1.29 bits per heavy atom. The maximum Gasteiger partial charge on any atom is 0.257 e. The average molecular weight is 198 g/mol. The van der Waals surface area contributed by atoms with E-state index >= 15 is 0 Å². The first kappa shape index (κ1) is 8.83. The quantitative estimate of drug-likeness (QED) is 0.611. The Hall–Kier alpha value is -0.450. The van der Waals surface area contributed by atoms with Crippen molar-refractivity contribution in [1.82, 2.24) is 0 Å². The van der Waals surface area contributed by atoms with E-state index < -0.39 is 5.79 Å². The second kappa shape index (κ2) is 3.02. The molecule has 2 unspecified atom stereocenters. The summed E-state index contributed by atoms with van der Waals surface area (Å²) in [4.78, 5) is 11.5. The third kappa shape index (κ3) is 1.21. The number of hydrogen-bond donors (Lipinski definition) is 0. The molecule has 0 N–H and O–H groups in total. The van der Waals surface area contributed by atoms with Crippen LogP contribution >= 0.6 is 0 Å². The molecule has 0 radical (unpaired) electrons. The molecule has 0 amide bonds. The van der Waals surface area contributed by atoms with Gasteiger partial charge in [-0.2, -0.15) is 0 Å². The maximum atomic E-state index is 11.5. The number of hydrogen-bond acceptors (Lipinski definition) is 4. The van der Waals surface area contributed by atoms with Gasteiger partial charge in [0.25, 0.3) is 5.79 Å². The Bertz CT molecular complexity index is 259. The van der Waals surface area contributed by atoms with Crippen LogP contribution in [0.15, 0.2) is 0 Å². The highest BCUT2D eigenvalue weighted by Gasteiger charge is 2.68. The minimum Gasteiger partial charge on any atom is -0.381 e. The fourth-order valence-electron chi connectivity index (χ4n) is 2.32. The SMILES string of the molecule is O=C1CCC2OC12OC1CCOCC1. The molecule has 3 rings (SSSR count). The van der Waals surface area contributed by atoms with Gasteiger partial charge in [0.05, 0.1) is 6.10 Å². The first-order valence-corrected chi connectivity index (χ1v) is 5.28. The topological polar surface area (TPSA) is 48.1 Å². The maximum absolute atomic E-state index is 11.5. The lowest BCUT2D eigenvalue weighted by atomic mass is 10.1. The zero-order valence-corrected chi connectivity index (χ0v) is 8.03. The van der Waals surface area contributed by atoms with Crippen LogP contribution in [0, 0.1) is 0 Å². The van der Waals surface area contributed by atoms with Gasteiger partial charge in [0.15, 0.2) is 5.78 Å². The molecule has 14 heavy (non-hydrogen) atoms. The van der Waals surface area contributed by atoms with Gasteiger partial charge in [0.2, 0.25) is 0 Å². The lowest BCUT2D eigenvalue weighted by molar-refractivity contribution is -0.157. The summed E-state index contributed by atoms with van der Waals surface area (Å²) in [6, 6.07) is 0. The molecule has 1 saturated carbocycles. The van der Waals surface area contributed by atoms with E-state index in [0.29, 0.717) is 6.42 Å². The highest BCUT2D eigenvalue weighted by Crippen LogP contribution is 2.49. The molecule has 3 aliphatic rings. The van der Waals surface area contributed by atoms with Crippen LogP contribution in [0.5, 0.6) is 0 Å². The molecule has 0 aromatic carbocycles. The Kier molecular flexibility index (Phi) is 1.90. The number of ketones is 1. The molecule has 2 heterocycles. The van der Waals surface area contributed by atoms with Crippen molar-refractivity contribution in [2.75, 3.05) is 13.2 Å². The van der Waals surface area contributed by atoms with Crippen LogP contribution in [0.25, 0.3) is 0 Å². The van der Waals surface area contributed by atoms with E-state index in [9.17, 15) is 4.79 Å². The number of epoxide rings is 1. The van der Waals surface area contributed by atoms with Gasteiger partial charge in [-0.1, -0.05) is 0 Å². The minimum atomic E-state index is -0.817. The fraction of sp³-hybridized carbons (Fsp3) is 0.900. The molecule has 1 aliphatic carbocycles. The summed E-state index contributed by atoms with van der Waals surface area (Å²) in [5, 5.41) is 0. The van der Waals surface area contributed by atoms with Crippen LogP contribution in [-0.2, 0) is 19.0 Å². The van der Waals surface area contributed by atoms with Crippen LogP contribution in [0.3, 0.4) is 0 Å². The Morgan fingerprint density at radius 3 is 2.64 bits per heavy atom. The molecule has 0 aromatic heterocycles. The molecule has 2 saturated heterocycles. The van der Waals surface area contributed by atoms with Crippen LogP contribution in [0.2, 0.25) is 0 Å². The third-order valence-corrected chi connectivity index (χ3v) is 3.22. The summed E-state index contributed by atoms with van der Waals surface area (Å²) >= 11 is 0. The monoisotopic (exact) mass is 198 g/mol. The third-order valence-electron chi connectivity index (χ3n) is 3.22. The van der Waals surface area contributed by atoms with Gasteiger partial charge in [-0.05, 0) is 19.3 Å². The van der Waals surface area contributed by atoms with Gasteiger partial charge in [-0.3, -0.25) is 4.79 Å². The first-order valence-electron chi connectivity index (χ1n) is 5.28. The van der Waals surface area contributed by atoms with Gasteiger partial charge < -0.3 is 14.2 Å². The summed E-state index contributed by atoms with van der Waals surface area (Å²) < 4.78 is 16.3. The van der Waals surface area contributed by atoms with Gasteiger partial charge in [0, 0.05) is 19.6 Å². The molecular formula is C10H14O4. The number of Topliss-reactive ketones (excluding diaryl/α,β-unsaturated/α-hetero) is 1. The zero-order valence-electron chi connectivity index (χ0n) is 8.03. The standard InChI is InChI=1S/C10H14O4/c11-8-1-2-9-10(8,14-9)13-7-3-5-12-6-4-7/h7,9H,1-6H2. The fourth-order valence-corrected chi connectivity index (χ4v) is 2.32. The molecule has 3 fully saturated rings. The Labute approximate surface area is 82.5 Å². The van der Waals surface area contributed by atoms with Crippen molar-refractivity contribution < 1.29 is 19.0 Å². The van der Waals surface area contributed by atoms with E-state index in [1.54, 1.807) is 0 Å². The van der Waals surface area contributed by atoms with E-state index in [1.165, 1.54) is 0 Å². The highest BCUT2D eigenvalue weighted by atomic mass is 16.8. The lowest BCUT2D eigenvalue weighted by Crippen LogP contribution is -2.34. The number of fused-ring (bicyclic) bond motifs is 1. The highest BCUT2D eigenvalue weighted by molar-refractivity contribution is 5.91. The predicted octanol–water partition coefficient (Wildman–Crippen LogP) is 0.640. The molecule has 78 valence electrons. The second-order valence-corrected chi connectivity index (χ2v) is 4.17. The summed E-state index contributed by atoms with van der Waals surface area (Å²) in [6.45, 7) is 1.47. The second-order valence-electron chi connectivity index (χ2n) is 4.17. The van der Waals surface area contributed by atoms with Crippen LogP contribution in [-0.4, -0.2) is 37.0 Å². The van der Waals surface area contributed by atoms with Gasteiger partial charge in [-0.15, -0.1) is 0 Å². The minimum absolute atomic E-state index is 0.0536. The number of carbonyl (C=O) groups is 1. The number of rotatable bonds is 2. The van der Waals surface area contributed by atoms with Gasteiger partial charge in [0.1, 0.15) is 6.10 Å². The molecule has 2 aliphatic heterocycles. The molecular weight excluding hydrogens is 184 g/mol. The van der Waals surface area contributed by atoms with Crippen molar-refractivity contribution in [2.24, 2.45) is 0 Å². The van der Waals surface area contributed by atoms with Gasteiger partial charge >= 0.3 is 0 Å². The van der Waals surface area contributed by atoms with Crippen molar-refractivity contribution in [1.29, 1.82) is 0 Å². The summed E-state index contributed by atoms with van der Waals surface area (Å²) in [6.07, 6.45) is 3.42. The van der Waals surface area contributed by atoms with E-state index in [1.807, 2.05) is 0 Å². The van der Waals surface area contributed by atoms with Gasteiger partial charge in [-0.25, -0.2) is 0 Å². The normalized spacial score (nSPS) is 42.6. The van der Waals surface area contributed by atoms with Crippen molar-refractivity contribution >= 4 is 5.78 Å². The summed E-state index contributed by atoms with van der Waals surface area (Å²) in [7, 11) is 0. The molecule has 4 heteroatoms. The van der Waals surface area contributed by atoms with Crippen LogP contribution < -0.4 is 0 Å². The smallest absolute Gasteiger partial charge is 0.257 e. The summed E-state index contributed by atoms with van der Waals surface area (Å²) in [5.41, 5.74) is 0. The number of carbonyl (C=O) groups excluding carboxylic acids is 1. The Balaban J connectivity index is 1.64. The van der Waals surface area contributed by atoms with E-state index in [0.717, 1.165) is 32.5 Å². The van der Waals surface area contributed by atoms with E-state index in [-0.39, 0.29) is 18.0 Å². The molecule has 2 atom stereocenters. The lowest BCUT2D eigenvalue weighted by Gasteiger charge is -2.24. The van der Waals surface area contributed by atoms with Crippen molar-refractivity contribution in [3.05, 3.63) is 0 Å². The Morgan fingerprint density at radius 2 is 2.07 bits per heavy atom. The van der Waals surface area contributed by atoms with Crippen molar-refractivity contribution in [3.8, 4) is 0 Å².